The zero-order valence-electron chi connectivity index (χ0n) is 14.9. The maximum Gasteiger partial charge on any atom is 0.132 e. The predicted molar refractivity (Wildman–Crippen MR) is 108 cm³/mol. The van der Waals surface area contributed by atoms with Crippen LogP contribution in [0.25, 0.3) is 33.5 Å². The third-order valence-electron chi connectivity index (χ3n) is 4.50. The highest BCUT2D eigenvalue weighted by molar-refractivity contribution is 6.30. The van der Waals surface area contributed by atoms with Gasteiger partial charge >= 0.3 is 0 Å². The molecule has 0 amide bonds. The van der Waals surface area contributed by atoms with E-state index in [-0.39, 0.29) is 16.7 Å². The molecule has 0 aliphatic rings. The molecule has 3 nitrogen and oxygen atoms in total. The minimum Gasteiger partial charge on any atom is -0.206 e. The second-order valence-corrected chi connectivity index (χ2v) is 6.74. The molecule has 29 heavy (non-hydrogen) atoms. The molecule has 0 atom stereocenters. The molecule has 0 saturated carbocycles. The van der Waals surface area contributed by atoms with Crippen LogP contribution >= 0.6 is 11.6 Å². The lowest BCUT2D eigenvalue weighted by Gasteiger charge is -2.10. The lowest BCUT2D eigenvalue weighted by Crippen LogP contribution is -1.94. The molecule has 4 aromatic rings. The normalized spacial score (nSPS) is 10.6. The first-order chi connectivity index (χ1) is 14.1. The summed E-state index contributed by atoms with van der Waals surface area (Å²) in [6.07, 6.45) is 1.54. The van der Waals surface area contributed by atoms with Crippen molar-refractivity contribution in [2.24, 2.45) is 0 Å². The number of rotatable bonds is 3. The van der Waals surface area contributed by atoms with Gasteiger partial charge in [0, 0.05) is 27.3 Å². The molecule has 0 N–H and O–H groups in total. The van der Waals surface area contributed by atoms with Crippen LogP contribution in [-0.4, -0.2) is 10.2 Å². The monoisotopic (exact) mass is 403 g/mol. The average Bonchev–Trinajstić information content (AvgIpc) is 2.75. The minimum absolute atomic E-state index is 0.0157. The molecular weight excluding hydrogens is 392 g/mol. The quantitative estimate of drug-likeness (QED) is 0.404. The summed E-state index contributed by atoms with van der Waals surface area (Å²) in [4.78, 5) is 0. The molecular formula is C23H12ClF2N3. The van der Waals surface area contributed by atoms with Crippen molar-refractivity contribution in [1.29, 1.82) is 5.26 Å². The molecule has 0 spiro atoms. The van der Waals surface area contributed by atoms with Crippen molar-refractivity contribution in [2.45, 2.75) is 0 Å². The lowest BCUT2D eigenvalue weighted by molar-refractivity contribution is 0.616. The summed E-state index contributed by atoms with van der Waals surface area (Å²) in [5.74, 6) is -1.27. The summed E-state index contributed by atoms with van der Waals surface area (Å²) in [5, 5.41) is 18.1. The molecule has 0 fully saturated rings. The smallest absolute Gasteiger partial charge is 0.132 e. The Kier molecular flexibility index (Phi) is 5.03. The number of benzene rings is 3. The first-order valence-corrected chi connectivity index (χ1v) is 9.02. The predicted octanol–water partition coefficient (Wildman–Crippen LogP) is 6.28. The molecule has 0 radical (unpaired) electrons. The molecule has 0 saturated heterocycles. The van der Waals surface area contributed by atoms with Crippen LogP contribution < -0.4 is 0 Å². The molecule has 0 aliphatic carbocycles. The van der Waals surface area contributed by atoms with Gasteiger partial charge in [0.15, 0.2) is 0 Å². The zero-order chi connectivity index (χ0) is 20.4. The third kappa shape index (κ3) is 3.71. The Morgan fingerprint density at radius 3 is 2.34 bits per heavy atom. The van der Waals surface area contributed by atoms with Crippen LogP contribution in [0, 0.1) is 23.0 Å². The fourth-order valence-corrected chi connectivity index (χ4v) is 3.20. The van der Waals surface area contributed by atoms with E-state index in [0.29, 0.717) is 21.8 Å². The largest absolute Gasteiger partial charge is 0.206 e. The molecule has 1 aromatic heterocycles. The van der Waals surface area contributed by atoms with E-state index in [9.17, 15) is 14.0 Å². The standard InChI is InChI=1S/C23H12ClF2N3/c24-18-7-4-14(5-8-18)22-11-17(13-28-29-22)15-6-9-20(25)19(10-15)23-16(12-27)2-1-3-21(23)26/h1-11,13H. The first kappa shape index (κ1) is 18.7. The van der Waals surface area contributed by atoms with Crippen LogP contribution in [-0.2, 0) is 0 Å². The topological polar surface area (TPSA) is 49.6 Å². The van der Waals surface area contributed by atoms with Gasteiger partial charge in [0.25, 0.3) is 0 Å². The first-order valence-electron chi connectivity index (χ1n) is 8.64. The van der Waals surface area contributed by atoms with Gasteiger partial charge in [-0.05, 0) is 48.0 Å². The Labute approximate surface area is 170 Å². The number of halogens is 3. The van der Waals surface area contributed by atoms with Gasteiger partial charge in [0.2, 0.25) is 0 Å². The molecule has 0 unspecified atom stereocenters. The third-order valence-corrected chi connectivity index (χ3v) is 4.75. The average molecular weight is 404 g/mol. The highest BCUT2D eigenvalue weighted by Crippen LogP contribution is 2.33. The number of aromatic nitrogens is 2. The van der Waals surface area contributed by atoms with Crippen LogP contribution in [0.3, 0.4) is 0 Å². The summed E-state index contributed by atoms with van der Waals surface area (Å²) in [5.41, 5.74) is 2.77. The second kappa shape index (κ2) is 7.78. The van der Waals surface area contributed by atoms with Crippen molar-refractivity contribution in [3.63, 3.8) is 0 Å². The Morgan fingerprint density at radius 1 is 0.828 bits per heavy atom. The van der Waals surface area contributed by atoms with Crippen LogP contribution in [0.4, 0.5) is 8.78 Å². The highest BCUT2D eigenvalue weighted by atomic mass is 35.5. The van der Waals surface area contributed by atoms with Crippen molar-refractivity contribution in [2.75, 3.05) is 0 Å². The van der Waals surface area contributed by atoms with E-state index in [4.69, 9.17) is 11.6 Å². The summed E-state index contributed by atoms with van der Waals surface area (Å²) >= 11 is 5.93. The van der Waals surface area contributed by atoms with E-state index in [1.165, 1.54) is 30.3 Å². The van der Waals surface area contributed by atoms with Crippen LogP contribution in [0.15, 0.2) is 72.9 Å². The minimum atomic E-state index is -0.658. The zero-order valence-corrected chi connectivity index (χ0v) is 15.7. The summed E-state index contributed by atoms with van der Waals surface area (Å²) < 4.78 is 28.9. The summed E-state index contributed by atoms with van der Waals surface area (Å²) in [7, 11) is 0. The number of nitriles is 1. The van der Waals surface area contributed by atoms with Crippen molar-refractivity contribution >= 4 is 11.6 Å². The van der Waals surface area contributed by atoms with E-state index in [1.807, 2.05) is 18.2 Å². The van der Waals surface area contributed by atoms with Crippen molar-refractivity contribution < 1.29 is 8.78 Å². The summed E-state index contributed by atoms with van der Waals surface area (Å²) in [6, 6.07) is 19.3. The van der Waals surface area contributed by atoms with Crippen molar-refractivity contribution in [1.82, 2.24) is 10.2 Å². The van der Waals surface area contributed by atoms with Gasteiger partial charge in [-0.2, -0.15) is 15.5 Å². The van der Waals surface area contributed by atoms with E-state index in [2.05, 4.69) is 10.2 Å². The molecule has 0 bridgehead atoms. The highest BCUT2D eigenvalue weighted by Gasteiger charge is 2.16. The summed E-state index contributed by atoms with van der Waals surface area (Å²) in [6.45, 7) is 0. The van der Waals surface area contributed by atoms with Crippen LogP contribution in [0.2, 0.25) is 5.02 Å². The molecule has 0 aliphatic heterocycles. The van der Waals surface area contributed by atoms with Gasteiger partial charge in [-0.25, -0.2) is 8.78 Å². The molecule has 4 rings (SSSR count). The van der Waals surface area contributed by atoms with E-state index < -0.39 is 11.6 Å². The van der Waals surface area contributed by atoms with Crippen molar-refractivity contribution in [3.8, 4) is 39.6 Å². The van der Waals surface area contributed by atoms with Gasteiger partial charge in [0.1, 0.15) is 11.6 Å². The Balaban J connectivity index is 1.83. The maximum absolute atomic E-state index is 14.5. The van der Waals surface area contributed by atoms with Gasteiger partial charge in [0.05, 0.1) is 23.5 Å². The van der Waals surface area contributed by atoms with Gasteiger partial charge < -0.3 is 0 Å². The van der Waals surface area contributed by atoms with Crippen LogP contribution in [0.1, 0.15) is 5.56 Å². The van der Waals surface area contributed by atoms with E-state index >= 15 is 0 Å². The number of hydrogen-bond donors (Lipinski definition) is 0. The molecule has 140 valence electrons. The van der Waals surface area contributed by atoms with Crippen molar-refractivity contribution in [3.05, 3.63) is 95.1 Å². The van der Waals surface area contributed by atoms with E-state index in [0.717, 1.165) is 5.56 Å². The number of hydrogen-bond acceptors (Lipinski definition) is 3. The SMILES string of the molecule is N#Cc1cccc(F)c1-c1cc(-c2cnnc(-c3ccc(Cl)cc3)c2)ccc1F. The van der Waals surface area contributed by atoms with Crippen LogP contribution in [0.5, 0.6) is 0 Å². The Morgan fingerprint density at radius 2 is 1.59 bits per heavy atom. The fraction of sp³-hybridized carbons (Fsp3) is 0. The van der Waals surface area contributed by atoms with Gasteiger partial charge in [-0.15, -0.1) is 0 Å². The van der Waals surface area contributed by atoms with Gasteiger partial charge in [-0.1, -0.05) is 35.9 Å². The molecule has 3 aromatic carbocycles. The second-order valence-electron chi connectivity index (χ2n) is 6.31. The van der Waals surface area contributed by atoms with E-state index in [1.54, 1.807) is 30.5 Å². The van der Waals surface area contributed by atoms with Gasteiger partial charge in [-0.3, -0.25) is 0 Å². The Hall–Kier alpha value is -3.62. The number of nitrogens with zero attached hydrogens (tertiary/aromatic N) is 3. The lowest BCUT2D eigenvalue weighted by atomic mass is 9.95. The maximum atomic E-state index is 14.5. The molecule has 6 heteroatoms. The fourth-order valence-electron chi connectivity index (χ4n) is 3.07. The Bertz CT molecular complexity index is 1250. The molecule has 1 heterocycles.